The fraction of sp³-hybridized carbons (Fsp3) is 0.667. The van der Waals surface area contributed by atoms with Gasteiger partial charge in [0.05, 0.1) is 26.0 Å². The van der Waals surface area contributed by atoms with Crippen LogP contribution in [0.4, 0.5) is 0 Å². The molecule has 1 aromatic rings. The van der Waals surface area contributed by atoms with Crippen LogP contribution in [0.1, 0.15) is 18.6 Å². The molecule has 3 nitrogen and oxygen atoms in total. The third kappa shape index (κ3) is 3.81. The Hall–Kier alpha value is -0.510. The number of hydrogen-bond acceptors (Lipinski definition) is 3. The molecule has 0 saturated heterocycles. The van der Waals surface area contributed by atoms with Gasteiger partial charge < -0.3 is 9.15 Å². The van der Waals surface area contributed by atoms with Crippen molar-refractivity contribution in [2.24, 2.45) is 0 Å². The fourth-order valence-electron chi connectivity index (χ4n) is 1.77. The minimum atomic E-state index is 0.571. The van der Waals surface area contributed by atoms with E-state index >= 15 is 0 Å². The SMILES string of the molecule is ClCCOCCN(Cc1ccco1)C1CC1. The highest BCUT2D eigenvalue weighted by atomic mass is 35.5. The van der Waals surface area contributed by atoms with Crippen LogP contribution in [0.3, 0.4) is 0 Å². The molecular formula is C12H18ClNO2. The van der Waals surface area contributed by atoms with E-state index in [2.05, 4.69) is 4.90 Å². The summed E-state index contributed by atoms with van der Waals surface area (Å²) in [5, 5.41) is 0. The minimum Gasteiger partial charge on any atom is -0.468 e. The lowest BCUT2D eigenvalue weighted by molar-refractivity contribution is 0.105. The first-order chi connectivity index (χ1) is 7.90. The van der Waals surface area contributed by atoms with Gasteiger partial charge in [0, 0.05) is 18.5 Å². The lowest BCUT2D eigenvalue weighted by Gasteiger charge is -2.20. The molecule has 0 radical (unpaired) electrons. The molecule has 0 bridgehead atoms. The van der Waals surface area contributed by atoms with Gasteiger partial charge >= 0.3 is 0 Å². The first kappa shape index (κ1) is 12.0. The average Bonchev–Trinajstić information content (AvgIpc) is 3.02. The van der Waals surface area contributed by atoms with Crippen LogP contribution in [-0.2, 0) is 11.3 Å². The summed E-state index contributed by atoms with van der Waals surface area (Å²) < 4.78 is 10.8. The van der Waals surface area contributed by atoms with Crippen molar-refractivity contribution in [1.82, 2.24) is 4.90 Å². The summed E-state index contributed by atoms with van der Waals surface area (Å²) in [5.74, 6) is 1.60. The lowest BCUT2D eigenvalue weighted by atomic mass is 10.4. The normalized spacial score (nSPS) is 15.9. The predicted octanol–water partition coefficient (Wildman–Crippen LogP) is 2.50. The van der Waals surface area contributed by atoms with Gasteiger partial charge in [-0.1, -0.05) is 0 Å². The Morgan fingerprint density at radius 2 is 2.31 bits per heavy atom. The van der Waals surface area contributed by atoms with Crippen molar-refractivity contribution < 1.29 is 9.15 Å². The highest BCUT2D eigenvalue weighted by molar-refractivity contribution is 6.17. The number of alkyl halides is 1. The molecule has 1 aliphatic rings. The van der Waals surface area contributed by atoms with E-state index in [0.717, 1.165) is 31.5 Å². The molecule has 90 valence electrons. The second-order valence-corrected chi connectivity index (χ2v) is 4.46. The van der Waals surface area contributed by atoms with E-state index in [1.807, 2.05) is 12.1 Å². The second-order valence-electron chi connectivity index (χ2n) is 4.08. The van der Waals surface area contributed by atoms with Crippen molar-refractivity contribution >= 4 is 11.6 Å². The van der Waals surface area contributed by atoms with Crippen LogP contribution < -0.4 is 0 Å². The molecule has 2 rings (SSSR count). The first-order valence-electron chi connectivity index (χ1n) is 5.80. The summed E-state index contributed by atoms with van der Waals surface area (Å²) in [6, 6.07) is 4.68. The van der Waals surface area contributed by atoms with E-state index < -0.39 is 0 Å². The Bertz CT molecular complexity index is 285. The summed E-state index contributed by atoms with van der Waals surface area (Å²) in [6.45, 7) is 3.24. The van der Waals surface area contributed by atoms with Crippen LogP contribution in [0, 0.1) is 0 Å². The monoisotopic (exact) mass is 243 g/mol. The molecule has 0 spiro atoms. The van der Waals surface area contributed by atoms with Crippen LogP contribution in [0.5, 0.6) is 0 Å². The molecule has 16 heavy (non-hydrogen) atoms. The van der Waals surface area contributed by atoms with Crippen molar-refractivity contribution in [2.75, 3.05) is 25.6 Å². The average molecular weight is 244 g/mol. The first-order valence-corrected chi connectivity index (χ1v) is 6.34. The van der Waals surface area contributed by atoms with Gasteiger partial charge in [0.15, 0.2) is 0 Å². The molecule has 1 fully saturated rings. The number of nitrogens with zero attached hydrogens (tertiary/aromatic N) is 1. The minimum absolute atomic E-state index is 0.571. The molecule has 1 aliphatic carbocycles. The molecule has 1 heterocycles. The van der Waals surface area contributed by atoms with Gasteiger partial charge in [0.25, 0.3) is 0 Å². The summed E-state index contributed by atoms with van der Waals surface area (Å²) in [7, 11) is 0. The Balaban J connectivity index is 1.72. The van der Waals surface area contributed by atoms with Crippen LogP contribution in [-0.4, -0.2) is 36.6 Å². The topological polar surface area (TPSA) is 25.6 Å². The third-order valence-corrected chi connectivity index (χ3v) is 2.90. The van der Waals surface area contributed by atoms with Gasteiger partial charge in [0.1, 0.15) is 5.76 Å². The quantitative estimate of drug-likeness (QED) is 0.518. The van der Waals surface area contributed by atoms with E-state index in [1.165, 1.54) is 12.8 Å². The summed E-state index contributed by atoms with van der Waals surface area (Å²) in [4.78, 5) is 2.42. The van der Waals surface area contributed by atoms with E-state index in [-0.39, 0.29) is 0 Å². The maximum absolute atomic E-state index is 5.55. The Kier molecular flexibility index (Phi) is 4.69. The van der Waals surface area contributed by atoms with Gasteiger partial charge in [-0.05, 0) is 25.0 Å². The molecular weight excluding hydrogens is 226 g/mol. The molecule has 1 saturated carbocycles. The summed E-state index contributed by atoms with van der Waals surface area (Å²) in [5.41, 5.74) is 0. The zero-order valence-electron chi connectivity index (χ0n) is 9.40. The van der Waals surface area contributed by atoms with Crippen LogP contribution >= 0.6 is 11.6 Å². The second kappa shape index (κ2) is 6.28. The Morgan fingerprint density at radius 3 is 2.94 bits per heavy atom. The fourth-order valence-corrected chi connectivity index (χ4v) is 1.88. The van der Waals surface area contributed by atoms with E-state index in [1.54, 1.807) is 6.26 Å². The maximum atomic E-state index is 5.55. The van der Waals surface area contributed by atoms with Gasteiger partial charge in [-0.25, -0.2) is 0 Å². The molecule has 4 heteroatoms. The Morgan fingerprint density at radius 1 is 1.44 bits per heavy atom. The largest absolute Gasteiger partial charge is 0.468 e. The van der Waals surface area contributed by atoms with Crippen LogP contribution in [0.25, 0.3) is 0 Å². The van der Waals surface area contributed by atoms with Crippen molar-refractivity contribution in [2.45, 2.75) is 25.4 Å². The molecule has 1 aromatic heterocycles. The van der Waals surface area contributed by atoms with Crippen molar-refractivity contribution in [1.29, 1.82) is 0 Å². The van der Waals surface area contributed by atoms with Gasteiger partial charge in [-0.15, -0.1) is 11.6 Å². The zero-order valence-corrected chi connectivity index (χ0v) is 10.2. The van der Waals surface area contributed by atoms with E-state index in [4.69, 9.17) is 20.8 Å². The van der Waals surface area contributed by atoms with Crippen molar-refractivity contribution in [3.63, 3.8) is 0 Å². The Labute approximate surface area is 101 Å². The van der Waals surface area contributed by atoms with Gasteiger partial charge in [-0.2, -0.15) is 0 Å². The number of furan rings is 1. The summed E-state index contributed by atoms with van der Waals surface area (Å²) >= 11 is 5.55. The number of rotatable bonds is 8. The zero-order chi connectivity index (χ0) is 11.2. The van der Waals surface area contributed by atoms with E-state index in [9.17, 15) is 0 Å². The number of ether oxygens (including phenoxy) is 1. The van der Waals surface area contributed by atoms with Crippen molar-refractivity contribution in [3.8, 4) is 0 Å². The molecule has 0 amide bonds. The highest BCUT2D eigenvalue weighted by Gasteiger charge is 2.29. The standard InChI is InChI=1S/C12H18ClNO2/c13-5-8-15-9-6-14(11-3-4-11)10-12-2-1-7-16-12/h1-2,7,11H,3-6,8-10H2. The highest BCUT2D eigenvalue weighted by Crippen LogP contribution is 2.28. The molecule has 0 N–H and O–H groups in total. The molecule has 0 aromatic carbocycles. The van der Waals surface area contributed by atoms with Crippen LogP contribution in [0.2, 0.25) is 0 Å². The molecule has 0 unspecified atom stereocenters. The molecule has 0 atom stereocenters. The lowest BCUT2D eigenvalue weighted by Crippen LogP contribution is -2.29. The smallest absolute Gasteiger partial charge is 0.117 e. The van der Waals surface area contributed by atoms with Gasteiger partial charge in [0.2, 0.25) is 0 Å². The van der Waals surface area contributed by atoms with Crippen molar-refractivity contribution in [3.05, 3.63) is 24.2 Å². The maximum Gasteiger partial charge on any atom is 0.117 e. The van der Waals surface area contributed by atoms with Gasteiger partial charge in [-0.3, -0.25) is 4.90 Å². The van der Waals surface area contributed by atoms with Crippen LogP contribution in [0.15, 0.2) is 22.8 Å². The van der Waals surface area contributed by atoms with E-state index in [0.29, 0.717) is 12.5 Å². The third-order valence-electron chi connectivity index (χ3n) is 2.75. The number of halogens is 1. The predicted molar refractivity (Wildman–Crippen MR) is 63.7 cm³/mol. The summed E-state index contributed by atoms with van der Waals surface area (Å²) in [6.07, 6.45) is 4.33. The molecule has 0 aliphatic heterocycles. The number of hydrogen-bond donors (Lipinski definition) is 0.